The standard InChI is InChI=1S/C14H16N2O3S/c15-20(17,18)14-6-5-13(19-14)9-16-12-7-10-3-1-2-4-11(10)8-12/h1-6,12,16H,7-9H2,(H2,15,17,18). The molecule has 2 aromatic rings. The summed E-state index contributed by atoms with van der Waals surface area (Å²) in [6.45, 7) is 0.494. The van der Waals surface area contributed by atoms with Gasteiger partial charge < -0.3 is 9.73 Å². The largest absolute Gasteiger partial charge is 0.447 e. The van der Waals surface area contributed by atoms with E-state index in [4.69, 9.17) is 9.56 Å². The van der Waals surface area contributed by atoms with Crippen LogP contribution < -0.4 is 10.5 Å². The van der Waals surface area contributed by atoms with Crippen molar-refractivity contribution >= 4 is 10.0 Å². The van der Waals surface area contributed by atoms with Crippen LogP contribution >= 0.6 is 0 Å². The Kier molecular flexibility index (Phi) is 3.37. The van der Waals surface area contributed by atoms with E-state index >= 15 is 0 Å². The summed E-state index contributed by atoms with van der Waals surface area (Å²) in [7, 11) is -3.76. The predicted octanol–water partition coefficient (Wildman–Crippen LogP) is 1.18. The number of hydrogen-bond donors (Lipinski definition) is 2. The first-order valence-corrected chi connectivity index (χ1v) is 7.99. The van der Waals surface area contributed by atoms with E-state index in [1.54, 1.807) is 6.07 Å². The molecule has 0 bridgehead atoms. The summed E-state index contributed by atoms with van der Waals surface area (Å²) in [6, 6.07) is 11.8. The lowest BCUT2D eigenvalue weighted by atomic mass is 10.1. The monoisotopic (exact) mass is 292 g/mol. The molecular formula is C14H16N2O3S. The summed E-state index contributed by atoms with van der Waals surface area (Å²) in [6.07, 6.45) is 1.97. The number of primary sulfonamides is 1. The van der Waals surface area contributed by atoms with Crippen LogP contribution in [-0.4, -0.2) is 14.5 Å². The summed E-state index contributed by atoms with van der Waals surface area (Å²) in [5, 5.41) is 8.19. The van der Waals surface area contributed by atoms with Crippen molar-refractivity contribution in [2.45, 2.75) is 30.5 Å². The van der Waals surface area contributed by atoms with Gasteiger partial charge in [-0.25, -0.2) is 13.6 Å². The predicted molar refractivity (Wildman–Crippen MR) is 74.6 cm³/mol. The number of furan rings is 1. The van der Waals surface area contributed by atoms with Gasteiger partial charge in [-0.1, -0.05) is 24.3 Å². The molecule has 106 valence electrons. The molecule has 6 heteroatoms. The Hall–Kier alpha value is -1.63. The first-order valence-electron chi connectivity index (χ1n) is 6.44. The molecule has 0 unspecified atom stereocenters. The van der Waals surface area contributed by atoms with Crippen molar-refractivity contribution in [3.05, 3.63) is 53.3 Å². The summed E-state index contributed by atoms with van der Waals surface area (Å²) >= 11 is 0. The molecule has 0 radical (unpaired) electrons. The van der Waals surface area contributed by atoms with E-state index < -0.39 is 10.0 Å². The fraction of sp³-hybridized carbons (Fsp3) is 0.286. The highest BCUT2D eigenvalue weighted by Gasteiger charge is 2.21. The highest BCUT2D eigenvalue weighted by molar-refractivity contribution is 7.89. The van der Waals surface area contributed by atoms with Crippen LogP contribution in [0.1, 0.15) is 16.9 Å². The Balaban J connectivity index is 1.60. The van der Waals surface area contributed by atoms with Gasteiger partial charge in [-0.2, -0.15) is 0 Å². The summed E-state index contributed by atoms with van der Waals surface area (Å²) < 4.78 is 27.4. The van der Waals surface area contributed by atoms with Crippen molar-refractivity contribution in [3.8, 4) is 0 Å². The van der Waals surface area contributed by atoms with Gasteiger partial charge in [0.1, 0.15) is 5.76 Å². The number of hydrogen-bond acceptors (Lipinski definition) is 4. The van der Waals surface area contributed by atoms with Gasteiger partial charge in [-0.05, 0) is 36.1 Å². The first-order chi connectivity index (χ1) is 9.52. The van der Waals surface area contributed by atoms with Gasteiger partial charge in [-0.15, -0.1) is 0 Å². The van der Waals surface area contributed by atoms with E-state index in [1.807, 2.05) is 12.1 Å². The van der Waals surface area contributed by atoms with Crippen LogP contribution in [0.2, 0.25) is 0 Å². The Labute approximate surface area is 117 Å². The Bertz CT molecular complexity index is 697. The molecule has 5 nitrogen and oxygen atoms in total. The molecule has 1 heterocycles. The summed E-state index contributed by atoms with van der Waals surface area (Å²) in [5.74, 6) is 0.574. The Morgan fingerprint density at radius 2 is 1.80 bits per heavy atom. The zero-order chi connectivity index (χ0) is 14.2. The maximum Gasteiger partial charge on any atom is 0.271 e. The number of rotatable bonds is 4. The highest BCUT2D eigenvalue weighted by Crippen LogP contribution is 2.22. The van der Waals surface area contributed by atoms with Gasteiger partial charge in [0.25, 0.3) is 10.0 Å². The van der Waals surface area contributed by atoms with Gasteiger partial charge >= 0.3 is 0 Å². The third-order valence-electron chi connectivity index (χ3n) is 3.53. The van der Waals surface area contributed by atoms with E-state index in [-0.39, 0.29) is 5.09 Å². The molecule has 3 N–H and O–H groups in total. The molecule has 1 aromatic heterocycles. The second kappa shape index (κ2) is 5.05. The fourth-order valence-electron chi connectivity index (χ4n) is 2.55. The second-order valence-electron chi connectivity index (χ2n) is 5.02. The molecule has 0 aliphatic heterocycles. The molecular weight excluding hydrogens is 276 g/mol. The van der Waals surface area contributed by atoms with Crippen LogP contribution in [0.4, 0.5) is 0 Å². The van der Waals surface area contributed by atoms with Crippen LogP contribution in [0.5, 0.6) is 0 Å². The van der Waals surface area contributed by atoms with E-state index in [0.717, 1.165) is 12.8 Å². The number of sulfonamides is 1. The van der Waals surface area contributed by atoms with E-state index in [9.17, 15) is 8.42 Å². The molecule has 0 amide bonds. The van der Waals surface area contributed by atoms with Crippen LogP contribution in [-0.2, 0) is 29.4 Å². The van der Waals surface area contributed by atoms with Gasteiger partial charge in [0, 0.05) is 6.04 Å². The number of nitrogens with one attached hydrogen (secondary N) is 1. The molecule has 3 rings (SSSR count). The fourth-order valence-corrected chi connectivity index (χ4v) is 3.04. The number of fused-ring (bicyclic) bond motifs is 1. The van der Waals surface area contributed by atoms with Gasteiger partial charge in [0.2, 0.25) is 5.09 Å². The lowest BCUT2D eigenvalue weighted by molar-refractivity contribution is 0.390. The van der Waals surface area contributed by atoms with Gasteiger partial charge in [-0.3, -0.25) is 0 Å². The second-order valence-corrected chi connectivity index (χ2v) is 6.51. The molecule has 0 saturated heterocycles. The van der Waals surface area contributed by atoms with E-state index in [2.05, 4.69) is 17.4 Å². The normalized spacial score (nSPS) is 15.4. The SMILES string of the molecule is NS(=O)(=O)c1ccc(CNC2Cc3ccccc3C2)o1. The average Bonchev–Trinajstić information content (AvgIpc) is 3.02. The van der Waals surface area contributed by atoms with Crippen LogP contribution in [0.25, 0.3) is 0 Å². The maximum absolute atomic E-state index is 11.1. The lowest BCUT2D eigenvalue weighted by Crippen LogP contribution is -2.28. The molecule has 0 saturated carbocycles. The summed E-state index contributed by atoms with van der Waals surface area (Å²) in [4.78, 5) is 0. The third-order valence-corrected chi connectivity index (χ3v) is 4.31. The van der Waals surface area contributed by atoms with Crippen molar-refractivity contribution in [3.63, 3.8) is 0 Å². The first kappa shape index (κ1) is 13.4. The maximum atomic E-state index is 11.1. The van der Waals surface area contributed by atoms with Crippen molar-refractivity contribution < 1.29 is 12.8 Å². The minimum Gasteiger partial charge on any atom is -0.447 e. The van der Waals surface area contributed by atoms with Crippen molar-refractivity contribution in [2.75, 3.05) is 0 Å². The molecule has 1 aliphatic carbocycles. The Morgan fingerprint density at radius 3 is 2.35 bits per heavy atom. The Morgan fingerprint density at radius 1 is 1.15 bits per heavy atom. The van der Waals surface area contributed by atoms with Gasteiger partial charge in [0.15, 0.2) is 0 Å². The average molecular weight is 292 g/mol. The minimum absolute atomic E-state index is 0.191. The topological polar surface area (TPSA) is 85.3 Å². The van der Waals surface area contributed by atoms with Crippen molar-refractivity contribution in [1.29, 1.82) is 0 Å². The molecule has 0 fully saturated rings. The van der Waals surface area contributed by atoms with E-state index in [0.29, 0.717) is 18.3 Å². The molecule has 0 atom stereocenters. The number of nitrogens with two attached hydrogens (primary N) is 1. The number of benzene rings is 1. The zero-order valence-corrected chi connectivity index (χ0v) is 11.7. The zero-order valence-electron chi connectivity index (χ0n) is 10.9. The smallest absolute Gasteiger partial charge is 0.271 e. The molecule has 1 aromatic carbocycles. The van der Waals surface area contributed by atoms with Crippen LogP contribution in [0.15, 0.2) is 45.9 Å². The molecule has 0 spiro atoms. The third kappa shape index (κ3) is 2.77. The van der Waals surface area contributed by atoms with Crippen molar-refractivity contribution in [1.82, 2.24) is 5.32 Å². The van der Waals surface area contributed by atoms with E-state index in [1.165, 1.54) is 17.2 Å². The molecule has 1 aliphatic rings. The van der Waals surface area contributed by atoms with Crippen molar-refractivity contribution in [2.24, 2.45) is 5.14 Å². The molecule has 20 heavy (non-hydrogen) atoms. The minimum atomic E-state index is -3.76. The highest BCUT2D eigenvalue weighted by atomic mass is 32.2. The lowest BCUT2D eigenvalue weighted by Gasteiger charge is -2.10. The van der Waals surface area contributed by atoms with Gasteiger partial charge in [0.05, 0.1) is 6.54 Å². The quantitative estimate of drug-likeness (QED) is 0.886. The van der Waals surface area contributed by atoms with Crippen LogP contribution in [0, 0.1) is 0 Å². The van der Waals surface area contributed by atoms with Crippen LogP contribution in [0.3, 0.4) is 0 Å². The summed E-state index contributed by atoms with van der Waals surface area (Å²) in [5.41, 5.74) is 2.74.